The van der Waals surface area contributed by atoms with E-state index in [2.05, 4.69) is 39.8 Å². The van der Waals surface area contributed by atoms with Crippen LogP contribution in [0.2, 0.25) is 0 Å². The van der Waals surface area contributed by atoms with Gasteiger partial charge >= 0.3 is 0 Å². The number of carbonyl (C=O) groups is 1. The molecule has 4 rings (SSSR count). The first-order chi connectivity index (χ1) is 12.3. The number of nitrogens with zero attached hydrogens (tertiary/aromatic N) is 1. The summed E-state index contributed by atoms with van der Waals surface area (Å²) in [6, 6.07) is 8.49. The number of nitrogens with one attached hydrogen (secondary N) is 2. The summed E-state index contributed by atoms with van der Waals surface area (Å²) in [6.45, 7) is 5.80. The van der Waals surface area contributed by atoms with Crippen molar-refractivity contribution in [1.29, 1.82) is 0 Å². The summed E-state index contributed by atoms with van der Waals surface area (Å²) >= 11 is 0. The number of hydrogen-bond acceptors (Lipinski definition) is 3. The maximum absolute atomic E-state index is 12.5. The Morgan fingerprint density at radius 2 is 1.74 bits per heavy atom. The molecule has 0 aromatic heterocycles. The van der Waals surface area contributed by atoms with Gasteiger partial charge in [-0.05, 0) is 87.8 Å². The molecule has 1 atom stereocenters. The maximum Gasteiger partial charge on any atom is 0.228 e. The second-order valence-corrected chi connectivity index (χ2v) is 8.21. The van der Waals surface area contributed by atoms with E-state index in [0.717, 1.165) is 51.0 Å². The summed E-state index contributed by atoms with van der Waals surface area (Å²) in [5.74, 6) is 0.455. The lowest BCUT2D eigenvalue weighted by Crippen LogP contribution is -2.31. The van der Waals surface area contributed by atoms with Crippen LogP contribution in [0.3, 0.4) is 0 Å². The number of benzene rings is 1. The lowest BCUT2D eigenvalue weighted by molar-refractivity contribution is -0.118. The van der Waals surface area contributed by atoms with Crippen molar-refractivity contribution in [2.24, 2.45) is 11.3 Å². The second kappa shape index (κ2) is 10.1. The van der Waals surface area contributed by atoms with Crippen molar-refractivity contribution in [2.75, 3.05) is 38.0 Å². The first-order valence-electron chi connectivity index (χ1n) is 10.1. The van der Waals surface area contributed by atoms with E-state index in [4.69, 9.17) is 0 Å². The number of amides is 1. The fourth-order valence-electron chi connectivity index (χ4n) is 4.65. The van der Waals surface area contributed by atoms with E-state index in [1.165, 1.54) is 37.9 Å². The molecule has 2 saturated heterocycles. The molecule has 1 saturated carbocycles. The summed E-state index contributed by atoms with van der Waals surface area (Å²) in [6.07, 6.45) is 8.58. The highest BCUT2D eigenvalue weighted by Crippen LogP contribution is 2.58. The van der Waals surface area contributed by atoms with Crippen LogP contribution in [-0.2, 0) is 11.2 Å². The van der Waals surface area contributed by atoms with Crippen LogP contribution < -0.4 is 10.6 Å². The first kappa shape index (κ1) is 22.5. The molecule has 4 nitrogen and oxygen atoms in total. The minimum Gasteiger partial charge on any atom is -0.326 e. The van der Waals surface area contributed by atoms with Crippen LogP contribution in [0.4, 0.5) is 5.69 Å². The molecule has 152 valence electrons. The van der Waals surface area contributed by atoms with Crippen LogP contribution in [0.15, 0.2) is 24.3 Å². The first-order valence-corrected chi connectivity index (χ1v) is 10.1. The molecule has 0 bridgehead atoms. The predicted molar refractivity (Wildman–Crippen MR) is 116 cm³/mol. The van der Waals surface area contributed by atoms with Gasteiger partial charge in [0.05, 0.1) is 0 Å². The van der Waals surface area contributed by atoms with E-state index in [9.17, 15) is 4.79 Å². The Morgan fingerprint density at radius 1 is 1.07 bits per heavy atom. The third-order valence-electron chi connectivity index (χ3n) is 6.49. The van der Waals surface area contributed by atoms with E-state index in [1.54, 1.807) is 0 Å². The molecule has 1 aliphatic carbocycles. The average molecular weight is 414 g/mol. The van der Waals surface area contributed by atoms with Gasteiger partial charge in [-0.3, -0.25) is 4.79 Å². The van der Waals surface area contributed by atoms with Crippen molar-refractivity contribution in [3.05, 3.63) is 29.8 Å². The minimum absolute atomic E-state index is 0. The standard InChI is InChI=1S/C21H31N3O.2ClH/c25-20(19-16-21(19)9-11-22-12-10-21)23-18-6-4-17(5-7-18)8-15-24-13-2-1-3-14-24;;/h4-7,19,22H,1-3,8-16H2,(H,23,25);2*1H. The van der Waals surface area contributed by atoms with Crippen molar-refractivity contribution < 1.29 is 4.79 Å². The molecule has 3 fully saturated rings. The molecule has 3 aliphatic rings. The summed E-state index contributed by atoms with van der Waals surface area (Å²) in [4.78, 5) is 15.1. The zero-order chi connectivity index (χ0) is 17.1. The monoisotopic (exact) mass is 413 g/mol. The summed E-state index contributed by atoms with van der Waals surface area (Å²) in [5, 5.41) is 6.53. The van der Waals surface area contributed by atoms with Crippen LogP contribution in [0.25, 0.3) is 0 Å². The number of piperidine rings is 2. The number of hydrogen-bond donors (Lipinski definition) is 2. The van der Waals surface area contributed by atoms with Gasteiger partial charge in [0.25, 0.3) is 0 Å². The van der Waals surface area contributed by atoms with E-state index >= 15 is 0 Å². The minimum atomic E-state index is 0. The third kappa shape index (κ3) is 5.60. The molecule has 1 aromatic carbocycles. The number of anilines is 1. The van der Waals surface area contributed by atoms with Crippen molar-refractivity contribution in [2.45, 2.75) is 44.9 Å². The van der Waals surface area contributed by atoms with Crippen LogP contribution in [-0.4, -0.2) is 43.5 Å². The molecule has 1 unspecified atom stereocenters. The molecule has 0 radical (unpaired) electrons. The average Bonchev–Trinajstić information content (AvgIpc) is 3.35. The van der Waals surface area contributed by atoms with Gasteiger partial charge in [-0.25, -0.2) is 0 Å². The highest BCUT2D eigenvalue weighted by atomic mass is 35.5. The van der Waals surface area contributed by atoms with Crippen molar-refractivity contribution in [1.82, 2.24) is 10.2 Å². The second-order valence-electron chi connectivity index (χ2n) is 8.21. The quantitative estimate of drug-likeness (QED) is 0.769. The highest BCUT2D eigenvalue weighted by Gasteiger charge is 2.57. The lowest BCUT2D eigenvalue weighted by Gasteiger charge is -2.26. The Morgan fingerprint density at radius 3 is 2.41 bits per heavy atom. The molecule has 6 heteroatoms. The third-order valence-corrected chi connectivity index (χ3v) is 6.49. The maximum atomic E-state index is 12.5. The van der Waals surface area contributed by atoms with Gasteiger partial charge in [0, 0.05) is 18.2 Å². The largest absolute Gasteiger partial charge is 0.326 e. The van der Waals surface area contributed by atoms with Crippen LogP contribution in [0.1, 0.15) is 44.1 Å². The Labute approximate surface area is 175 Å². The number of carbonyl (C=O) groups excluding carboxylic acids is 1. The molecule has 27 heavy (non-hydrogen) atoms. The van der Waals surface area contributed by atoms with Crippen molar-refractivity contribution in [3.63, 3.8) is 0 Å². The molecule has 2 N–H and O–H groups in total. The van der Waals surface area contributed by atoms with Gasteiger partial charge < -0.3 is 15.5 Å². The van der Waals surface area contributed by atoms with Gasteiger partial charge in [0.2, 0.25) is 5.91 Å². The van der Waals surface area contributed by atoms with Crippen LogP contribution >= 0.6 is 24.8 Å². The molecule has 1 amide bonds. The molecular formula is C21H33Cl2N3O. The number of rotatable bonds is 5. The van der Waals surface area contributed by atoms with Crippen LogP contribution in [0, 0.1) is 11.3 Å². The Bertz CT molecular complexity index is 596. The van der Waals surface area contributed by atoms with E-state index < -0.39 is 0 Å². The summed E-state index contributed by atoms with van der Waals surface area (Å²) in [7, 11) is 0. The van der Waals surface area contributed by atoms with E-state index in [0.29, 0.717) is 5.41 Å². The Balaban J connectivity index is 0.00000131. The topological polar surface area (TPSA) is 44.4 Å². The Kier molecular flexibility index (Phi) is 8.41. The number of halogens is 2. The SMILES string of the molecule is Cl.Cl.O=C(Nc1ccc(CCN2CCCCC2)cc1)C1CC12CCNCC2. The molecule has 2 aliphatic heterocycles. The normalized spacial score (nSPS) is 23.8. The van der Waals surface area contributed by atoms with Gasteiger partial charge in [-0.1, -0.05) is 18.6 Å². The predicted octanol–water partition coefficient (Wildman–Crippen LogP) is 3.89. The molecule has 2 heterocycles. The van der Waals surface area contributed by atoms with Gasteiger partial charge in [-0.15, -0.1) is 24.8 Å². The van der Waals surface area contributed by atoms with Gasteiger partial charge in [0.15, 0.2) is 0 Å². The Hall–Kier alpha value is -0.810. The molecule has 1 spiro atoms. The van der Waals surface area contributed by atoms with Crippen molar-refractivity contribution >= 4 is 36.4 Å². The summed E-state index contributed by atoms with van der Waals surface area (Å²) < 4.78 is 0. The lowest BCUT2D eigenvalue weighted by atomic mass is 9.92. The van der Waals surface area contributed by atoms with Crippen LogP contribution in [0.5, 0.6) is 0 Å². The van der Waals surface area contributed by atoms with Gasteiger partial charge in [-0.2, -0.15) is 0 Å². The summed E-state index contributed by atoms with van der Waals surface area (Å²) in [5.41, 5.74) is 2.62. The zero-order valence-corrected chi connectivity index (χ0v) is 17.7. The van der Waals surface area contributed by atoms with Gasteiger partial charge in [0.1, 0.15) is 0 Å². The van der Waals surface area contributed by atoms with Crippen molar-refractivity contribution in [3.8, 4) is 0 Å². The smallest absolute Gasteiger partial charge is 0.228 e. The van der Waals surface area contributed by atoms with E-state index in [1.807, 2.05) is 0 Å². The number of likely N-dealkylation sites (tertiary alicyclic amines) is 1. The highest BCUT2D eigenvalue weighted by molar-refractivity contribution is 5.95. The molecular weight excluding hydrogens is 381 g/mol. The fraction of sp³-hybridized carbons (Fsp3) is 0.667. The fourth-order valence-corrected chi connectivity index (χ4v) is 4.65. The van der Waals surface area contributed by atoms with E-state index in [-0.39, 0.29) is 36.6 Å². The molecule has 1 aromatic rings. The zero-order valence-electron chi connectivity index (χ0n) is 16.0.